The molecule has 0 radical (unpaired) electrons. The van der Waals surface area contributed by atoms with E-state index in [2.05, 4.69) is 10.6 Å². The van der Waals surface area contributed by atoms with Crippen LogP contribution in [0.3, 0.4) is 0 Å². The lowest BCUT2D eigenvalue weighted by Crippen LogP contribution is -2.31. The number of carbonyl (C=O) groups excluding carboxylic acids is 2. The summed E-state index contributed by atoms with van der Waals surface area (Å²) in [6.07, 6.45) is 0.335. The standard InChI is InChI=1S/C15H23N3O3/c1-4-21-15(20)11-6-5-7-12(14(11)16)17-9-8-13(19)18-10(2)3/h5-7,10,17H,4,8-9,16H2,1-3H3,(H,18,19). The molecule has 0 saturated carbocycles. The van der Waals surface area contributed by atoms with Gasteiger partial charge >= 0.3 is 5.97 Å². The predicted molar refractivity (Wildman–Crippen MR) is 83.2 cm³/mol. The molecule has 4 N–H and O–H groups in total. The van der Waals surface area contributed by atoms with Crippen LogP contribution in [0.25, 0.3) is 0 Å². The van der Waals surface area contributed by atoms with E-state index in [1.807, 2.05) is 13.8 Å². The maximum Gasteiger partial charge on any atom is 0.340 e. The average Bonchev–Trinajstić information content (AvgIpc) is 2.40. The van der Waals surface area contributed by atoms with Crippen LogP contribution in [0, 0.1) is 0 Å². The van der Waals surface area contributed by atoms with Gasteiger partial charge in [-0.15, -0.1) is 0 Å². The van der Waals surface area contributed by atoms with Crippen LogP contribution in [0.4, 0.5) is 11.4 Å². The zero-order chi connectivity index (χ0) is 15.8. The number of hydrogen-bond acceptors (Lipinski definition) is 5. The Hall–Kier alpha value is -2.24. The number of esters is 1. The van der Waals surface area contributed by atoms with E-state index in [0.717, 1.165) is 0 Å². The maximum atomic E-state index is 11.7. The number of nitrogen functional groups attached to an aromatic ring is 1. The van der Waals surface area contributed by atoms with Gasteiger partial charge in [-0.25, -0.2) is 4.79 Å². The Morgan fingerprint density at radius 3 is 2.67 bits per heavy atom. The smallest absolute Gasteiger partial charge is 0.340 e. The molecule has 0 atom stereocenters. The number of nitrogens with two attached hydrogens (primary N) is 1. The molecule has 1 aromatic carbocycles. The SMILES string of the molecule is CCOC(=O)c1cccc(NCCC(=O)NC(C)C)c1N. The van der Waals surface area contributed by atoms with E-state index >= 15 is 0 Å². The largest absolute Gasteiger partial charge is 0.462 e. The molecule has 6 nitrogen and oxygen atoms in total. The number of benzene rings is 1. The summed E-state index contributed by atoms with van der Waals surface area (Å²) in [6, 6.07) is 5.22. The minimum Gasteiger partial charge on any atom is -0.462 e. The van der Waals surface area contributed by atoms with E-state index in [1.54, 1.807) is 25.1 Å². The Balaban J connectivity index is 2.62. The molecule has 1 rings (SSSR count). The third-order valence-corrected chi connectivity index (χ3v) is 2.72. The number of amides is 1. The summed E-state index contributed by atoms with van der Waals surface area (Å²) in [5.41, 5.74) is 7.23. The number of nitrogens with one attached hydrogen (secondary N) is 2. The minimum absolute atomic E-state index is 0.0300. The lowest BCUT2D eigenvalue weighted by atomic mass is 10.1. The zero-order valence-corrected chi connectivity index (χ0v) is 12.7. The second-order valence-corrected chi connectivity index (χ2v) is 4.89. The predicted octanol–water partition coefficient (Wildman–Crippen LogP) is 1.77. The van der Waals surface area contributed by atoms with Crippen LogP contribution in [0.2, 0.25) is 0 Å². The highest BCUT2D eigenvalue weighted by Gasteiger charge is 2.13. The van der Waals surface area contributed by atoms with Crippen LogP contribution in [0.5, 0.6) is 0 Å². The van der Waals surface area contributed by atoms with Crippen molar-refractivity contribution in [3.8, 4) is 0 Å². The molecule has 0 aromatic heterocycles. The highest BCUT2D eigenvalue weighted by atomic mass is 16.5. The minimum atomic E-state index is -0.448. The molecule has 6 heteroatoms. The average molecular weight is 293 g/mol. The molecule has 0 aliphatic heterocycles. The van der Waals surface area contributed by atoms with E-state index in [1.165, 1.54) is 0 Å². The first kappa shape index (κ1) is 16.8. The van der Waals surface area contributed by atoms with E-state index in [4.69, 9.17) is 10.5 Å². The van der Waals surface area contributed by atoms with Crippen LogP contribution in [0.1, 0.15) is 37.6 Å². The molecule has 0 fully saturated rings. The summed E-state index contributed by atoms with van der Waals surface area (Å²) in [4.78, 5) is 23.3. The zero-order valence-electron chi connectivity index (χ0n) is 12.7. The summed E-state index contributed by atoms with van der Waals surface area (Å²) < 4.78 is 4.94. The molecule has 0 heterocycles. The quantitative estimate of drug-likeness (QED) is 0.526. The highest BCUT2D eigenvalue weighted by Crippen LogP contribution is 2.23. The molecule has 0 spiro atoms. The van der Waals surface area contributed by atoms with Gasteiger partial charge in [0.25, 0.3) is 0 Å². The Morgan fingerprint density at radius 2 is 2.05 bits per heavy atom. The topological polar surface area (TPSA) is 93.4 Å². The summed E-state index contributed by atoms with van der Waals surface area (Å²) in [7, 11) is 0. The Bertz CT molecular complexity index is 501. The van der Waals surface area contributed by atoms with Gasteiger partial charge in [-0.1, -0.05) is 6.07 Å². The first-order valence-electron chi connectivity index (χ1n) is 7.04. The van der Waals surface area contributed by atoms with Gasteiger partial charge in [-0.2, -0.15) is 0 Å². The van der Waals surface area contributed by atoms with Crippen molar-refractivity contribution in [3.63, 3.8) is 0 Å². The molecule has 1 amide bonds. The van der Waals surface area contributed by atoms with Gasteiger partial charge in [0.1, 0.15) is 0 Å². The van der Waals surface area contributed by atoms with Crippen LogP contribution in [-0.4, -0.2) is 31.1 Å². The van der Waals surface area contributed by atoms with E-state index in [-0.39, 0.29) is 11.9 Å². The summed E-state index contributed by atoms with van der Waals surface area (Å²) in [6.45, 7) is 6.29. The Kier molecular flexibility index (Phi) is 6.52. The lowest BCUT2D eigenvalue weighted by Gasteiger charge is -2.13. The van der Waals surface area contributed by atoms with Gasteiger partial charge < -0.3 is 21.1 Å². The first-order chi connectivity index (χ1) is 9.95. The van der Waals surface area contributed by atoms with Gasteiger partial charge in [-0.05, 0) is 32.9 Å². The van der Waals surface area contributed by atoms with Crippen molar-refractivity contribution in [2.45, 2.75) is 33.2 Å². The maximum absolute atomic E-state index is 11.7. The van der Waals surface area contributed by atoms with E-state index in [9.17, 15) is 9.59 Å². The van der Waals surface area contributed by atoms with Crippen molar-refractivity contribution in [3.05, 3.63) is 23.8 Å². The second-order valence-electron chi connectivity index (χ2n) is 4.89. The van der Waals surface area contributed by atoms with Crippen molar-refractivity contribution in [1.82, 2.24) is 5.32 Å². The fourth-order valence-corrected chi connectivity index (χ4v) is 1.81. The fourth-order valence-electron chi connectivity index (χ4n) is 1.81. The van der Waals surface area contributed by atoms with E-state index in [0.29, 0.717) is 36.5 Å². The molecule has 0 aliphatic rings. The number of para-hydroxylation sites is 1. The van der Waals surface area contributed by atoms with Crippen molar-refractivity contribution >= 4 is 23.3 Å². The normalized spacial score (nSPS) is 10.3. The molecule has 116 valence electrons. The lowest BCUT2D eigenvalue weighted by molar-refractivity contribution is -0.121. The highest BCUT2D eigenvalue weighted by molar-refractivity contribution is 5.98. The van der Waals surface area contributed by atoms with Gasteiger partial charge in [-0.3, -0.25) is 4.79 Å². The van der Waals surface area contributed by atoms with Gasteiger partial charge in [0.2, 0.25) is 5.91 Å². The molecule has 0 aliphatic carbocycles. The third kappa shape index (κ3) is 5.33. The molecule has 1 aromatic rings. The van der Waals surface area contributed by atoms with Gasteiger partial charge in [0.15, 0.2) is 0 Å². The van der Waals surface area contributed by atoms with Crippen molar-refractivity contribution in [1.29, 1.82) is 0 Å². The van der Waals surface area contributed by atoms with Crippen molar-refractivity contribution in [2.75, 3.05) is 24.2 Å². The molecular weight excluding hydrogens is 270 g/mol. The molecule has 0 unspecified atom stereocenters. The number of hydrogen-bond donors (Lipinski definition) is 3. The second kappa shape index (κ2) is 8.14. The van der Waals surface area contributed by atoms with E-state index < -0.39 is 5.97 Å². The fraction of sp³-hybridized carbons (Fsp3) is 0.467. The number of ether oxygens (including phenoxy) is 1. The Labute approximate surface area is 125 Å². The summed E-state index contributed by atoms with van der Waals surface area (Å²) in [5, 5.41) is 5.87. The Morgan fingerprint density at radius 1 is 1.33 bits per heavy atom. The van der Waals surface area contributed by atoms with Crippen LogP contribution >= 0.6 is 0 Å². The van der Waals surface area contributed by atoms with Crippen LogP contribution < -0.4 is 16.4 Å². The molecule has 21 heavy (non-hydrogen) atoms. The van der Waals surface area contributed by atoms with Crippen molar-refractivity contribution in [2.24, 2.45) is 0 Å². The number of anilines is 2. The summed E-state index contributed by atoms with van der Waals surface area (Å²) >= 11 is 0. The van der Waals surface area contributed by atoms with Gasteiger partial charge in [0, 0.05) is 19.0 Å². The number of carbonyl (C=O) groups is 2. The van der Waals surface area contributed by atoms with Gasteiger partial charge in [0.05, 0.1) is 23.5 Å². The molecular formula is C15H23N3O3. The number of rotatable bonds is 7. The van der Waals surface area contributed by atoms with Crippen LogP contribution in [0.15, 0.2) is 18.2 Å². The monoisotopic (exact) mass is 293 g/mol. The third-order valence-electron chi connectivity index (χ3n) is 2.72. The molecule has 0 bridgehead atoms. The van der Waals surface area contributed by atoms with Crippen LogP contribution in [-0.2, 0) is 9.53 Å². The first-order valence-corrected chi connectivity index (χ1v) is 7.04. The summed E-state index contributed by atoms with van der Waals surface area (Å²) in [5.74, 6) is -0.478. The molecule has 0 saturated heterocycles. The van der Waals surface area contributed by atoms with Crippen molar-refractivity contribution < 1.29 is 14.3 Å².